The molecule has 30 heavy (non-hydrogen) atoms. The predicted octanol–water partition coefficient (Wildman–Crippen LogP) is 2.36. The van der Waals surface area contributed by atoms with Crippen molar-refractivity contribution < 1.29 is 8.42 Å². The second-order valence-corrected chi connectivity index (χ2v) is 9.34. The van der Waals surface area contributed by atoms with Crippen LogP contribution in [0.2, 0.25) is 0 Å². The van der Waals surface area contributed by atoms with Gasteiger partial charge in [0.1, 0.15) is 5.82 Å². The summed E-state index contributed by atoms with van der Waals surface area (Å²) in [7, 11) is -3.54. The summed E-state index contributed by atoms with van der Waals surface area (Å²) in [6.45, 7) is 5.51. The molecule has 1 aromatic heterocycles. The molecule has 0 amide bonds. The minimum Gasteiger partial charge on any atom is -0.353 e. The molecule has 0 atom stereocenters. The highest BCUT2D eigenvalue weighted by Gasteiger charge is 2.30. The van der Waals surface area contributed by atoms with Crippen molar-refractivity contribution in [3.63, 3.8) is 0 Å². The standard InChI is InChI=1S/C22H24N4O3S/c1-17-8-9-20(18(2)16-17)30(28,29)25-14-12-24(13-15-25)21-10-11-22(27)26(23-21)19-6-4-3-5-7-19/h3-11,16H,12-15H2,1-2H3. The zero-order chi connectivity index (χ0) is 21.3. The van der Waals surface area contributed by atoms with E-state index in [1.807, 2.05) is 61.2 Å². The molecule has 1 aliphatic heterocycles. The number of hydrogen-bond donors (Lipinski definition) is 0. The number of hydrogen-bond acceptors (Lipinski definition) is 5. The molecule has 0 spiro atoms. The molecule has 0 saturated carbocycles. The van der Waals surface area contributed by atoms with Crippen LogP contribution in [0.3, 0.4) is 0 Å². The van der Waals surface area contributed by atoms with E-state index in [-0.39, 0.29) is 5.56 Å². The Hall–Kier alpha value is -2.97. The van der Waals surface area contributed by atoms with Crippen molar-refractivity contribution in [1.29, 1.82) is 0 Å². The zero-order valence-corrected chi connectivity index (χ0v) is 17.8. The molecule has 1 aliphatic rings. The molecule has 7 nitrogen and oxygen atoms in total. The summed E-state index contributed by atoms with van der Waals surface area (Å²) < 4.78 is 29.1. The number of para-hydroxylation sites is 1. The van der Waals surface area contributed by atoms with Crippen LogP contribution in [0.4, 0.5) is 5.82 Å². The summed E-state index contributed by atoms with van der Waals surface area (Å²) in [6, 6.07) is 17.8. The lowest BCUT2D eigenvalue weighted by molar-refractivity contribution is 0.383. The second-order valence-electron chi connectivity index (χ2n) is 7.44. The van der Waals surface area contributed by atoms with E-state index >= 15 is 0 Å². The van der Waals surface area contributed by atoms with Crippen LogP contribution in [-0.4, -0.2) is 48.7 Å². The predicted molar refractivity (Wildman–Crippen MR) is 117 cm³/mol. The molecular formula is C22H24N4O3S. The highest BCUT2D eigenvalue weighted by Crippen LogP contribution is 2.23. The van der Waals surface area contributed by atoms with Gasteiger partial charge < -0.3 is 4.90 Å². The van der Waals surface area contributed by atoms with Gasteiger partial charge in [-0.05, 0) is 43.7 Å². The maximum absolute atomic E-state index is 13.1. The molecule has 0 N–H and O–H groups in total. The third-order valence-electron chi connectivity index (χ3n) is 5.30. The fourth-order valence-corrected chi connectivity index (χ4v) is 5.34. The lowest BCUT2D eigenvalue weighted by atomic mass is 10.2. The van der Waals surface area contributed by atoms with Gasteiger partial charge in [0.2, 0.25) is 10.0 Å². The molecule has 2 heterocycles. The second kappa shape index (κ2) is 8.04. The van der Waals surface area contributed by atoms with Crippen LogP contribution >= 0.6 is 0 Å². The van der Waals surface area contributed by atoms with Crippen molar-refractivity contribution in [2.75, 3.05) is 31.1 Å². The van der Waals surface area contributed by atoms with Gasteiger partial charge in [-0.15, -0.1) is 5.10 Å². The molecule has 156 valence electrons. The third-order valence-corrected chi connectivity index (χ3v) is 7.36. The van der Waals surface area contributed by atoms with Gasteiger partial charge in [0.25, 0.3) is 5.56 Å². The average molecular weight is 425 g/mol. The van der Waals surface area contributed by atoms with Crippen LogP contribution in [0.15, 0.2) is 70.4 Å². The fourth-order valence-electron chi connectivity index (χ4n) is 3.71. The molecule has 8 heteroatoms. The van der Waals surface area contributed by atoms with Crippen molar-refractivity contribution in [1.82, 2.24) is 14.1 Å². The van der Waals surface area contributed by atoms with Crippen molar-refractivity contribution in [3.8, 4) is 5.69 Å². The number of piperazine rings is 1. The van der Waals surface area contributed by atoms with Crippen molar-refractivity contribution in [2.45, 2.75) is 18.7 Å². The van der Waals surface area contributed by atoms with E-state index in [4.69, 9.17) is 0 Å². The van der Waals surface area contributed by atoms with E-state index in [0.717, 1.165) is 11.1 Å². The van der Waals surface area contributed by atoms with Gasteiger partial charge in [0, 0.05) is 32.2 Å². The first-order valence-electron chi connectivity index (χ1n) is 9.84. The number of sulfonamides is 1. The minimum absolute atomic E-state index is 0.207. The Morgan fingerprint density at radius 2 is 1.57 bits per heavy atom. The Kier molecular flexibility index (Phi) is 5.44. The number of rotatable bonds is 4. The number of benzene rings is 2. The summed E-state index contributed by atoms with van der Waals surface area (Å²) in [4.78, 5) is 14.6. The van der Waals surface area contributed by atoms with Gasteiger partial charge >= 0.3 is 0 Å². The van der Waals surface area contributed by atoms with Gasteiger partial charge in [-0.2, -0.15) is 8.99 Å². The molecule has 0 radical (unpaired) electrons. The third kappa shape index (κ3) is 3.88. The summed E-state index contributed by atoms with van der Waals surface area (Å²) >= 11 is 0. The number of aryl methyl sites for hydroxylation is 2. The Labute approximate surface area is 176 Å². The smallest absolute Gasteiger partial charge is 0.271 e. The van der Waals surface area contributed by atoms with Gasteiger partial charge in [0.05, 0.1) is 10.6 Å². The largest absolute Gasteiger partial charge is 0.353 e. The maximum atomic E-state index is 13.1. The molecule has 1 saturated heterocycles. The van der Waals surface area contributed by atoms with Crippen LogP contribution in [0.25, 0.3) is 5.69 Å². The number of aromatic nitrogens is 2. The van der Waals surface area contributed by atoms with Crippen molar-refractivity contribution in [3.05, 3.63) is 82.1 Å². The SMILES string of the molecule is Cc1ccc(S(=O)(=O)N2CCN(c3ccc(=O)n(-c4ccccc4)n3)CC2)c(C)c1. The quantitative estimate of drug-likeness (QED) is 0.643. The van der Waals surface area contributed by atoms with Crippen LogP contribution < -0.4 is 10.5 Å². The Morgan fingerprint density at radius 3 is 2.23 bits per heavy atom. The van der Waals surface area contributed by atoms with Gasteiger partial charge in [-0.3, -0.25) is 4.79 Å². The van der Waals surface area contributed by atoms with Crippen LogP contribution in [0.5, 0.6) is 0 Å². The van der Waals surface area contributed by atoms with E-state index in [2.05, 4.69) is 5.10 Å². The molecular weight excluding hydrogens is 400 g/mol. The molecule has 2 aromatic carbocycles. The molecule has 0 unspecified atom stereocenters. The minimum atomic E-state index is -3.54. The van der Waals surface area contributed by atoms with Gasteiger partial charge in [-0.1, -0.05) is 35.9 Å². The van der Waals surface area contributed by atoms with Crippen LogP contribution in [0, 0.1) is 13.8 Å². The topological polar surface area (TPSA) is 75.5 Å². The molecule has 1 fully saturated rings. The molecule has 4 rings (SSSR count). The molecule has 3 aromatic rings. The maximum Gasteiger partial charge on any atom is 0.271 e. The lowest BCUT2D eigenvalue weighted by Crippen LogP contribution is -2.49. The fraction of sp³-hybridized carbons (Fsp3) is 0.273. The van der Waals surface area contributed by atoms with Crippen molar-refractivity contribution >= 4 is 15.8 Å². The first kappa shape index (κ1) is 20.3. The van der Waals surface area contributed by atoms with Crippen LogP contribution in [0.1, 0.15) is 11.1 Å². The summed E-state index contributed by atoms with van der Waals surface area (Å²) in [5, 5.41) is 4.50. The summed E-state index contributed by atoms with van der Waals surface area (Å²) in [6.07, 6.45) is 0. The zero-order valence-electron chi connectivity index (χ0n) is 17.0. The highest BCUT2D eigenvalue weighted by atomic mass is 32.2. The van der Waals surface area contributed by atoms with Crippen LogP contribution in [-0.2, 0) is 10.0 Å². The van der Waals surface area contributed by atoms with E-state index in [1.54, 1.807) is 12.1 Å². The van der Waals surface area contributed by atoms with E-state index in [0.29, 0.717) is 42.6 Å². The number of nitrogens with zero attached hydrogens (tertiary/aromatic N) is 4. The van der Waals surface area contributed by atoms with Crippen molar-refractivity contribution in [2.24, 2.45) is 0 Å². The highest BCUT2D eigenvalue weighted by molar-refractivity contribution is 7.89. The summed E-state index contributed by atoms with van der Waals surface area (Å²) in [5.41, 5.74) is 2.28. The Balaban J connectivity index is 1.53. The first-order chi connectivity index (χ1) is 14.4. The molecule has 0 bridgehead atoms. The van der Waals surface area contributed by atoms with Gasteiger partial charge in [-0.25, -0.2) is 8.42 Å². The lowest BCUT2D eigenvalue weighted by Gasteiger charge is -2.34. The number of anilines is 1. The summed E-state index contributed by atoms with van der Waals surface area (Å²) in [5.74, 6) is 0.655. The van der Waals surface area contributed by atoms with Gasteiger partial charge in [0.15, 0.2) is 0 Å². The van der Waals surface area contributed by atoms with E-state index in [9.17, 15) is 13.2 Å². The molecule has 0 aliphatic carbocycles. The monoisotopic (exact) mass is 424 g/mol. The first-order valence-corrected chi connectivity index (χ1v) is 11.3. The Bertz CT molecular complexity index is 1210. The Morgan fingerprint density at radius 1 is 0.867 bits per heavy atom. The normalized spacial score (nSPS) is 15.3. The average Bonchev–Trinajstić information content (AvgIpc) is 2.74. The van der Waals surface area contributed by atoms with E-state index < -0.39 is 10.0 Å². The van der Waals surface area contributed by atoms with E-state index in [1.165, 1.54) is 15.1 Å².